The summed E-state index contributed by atoms with van der Waals surface area (Å²) in [6, 6.07) is 6.30. The summed E-state index contributed by atoms with van der Waals surface area (Å²) in [5.74, 6) is -1.22. The summed E-state index contributed by atoms with van der Waals surface area (Å²) in [5, 5.41) is 11.8. The highest BCUT2D eigenvalue weighted by Crippen LogP contribution is 2.21. The van der Waals surface area contributed by atoms with Crippen LogP contribution in [0.3, 0.4) is 0 Å². The third-order valence-corrected chi connectivity index (χ3v) is 5.79. The number of rotatable bonds is 9. The molecular formula is C17H26N2O5S. The molecule has 1 aromatic carbocycles. The van der Waals surface area contributed by atoms with E-state index in [9.17, 15) is 18.0 Å². The summed E-state index contributed by atoms with van der Waals surface area (Å²) in [5.41, 5.74) is 0.0166. The number of benzene rings is 1. The molecule has 1 aromatic rings. The molecule has 0 bridgehead atoms. The Labute approximate surface area is 148 Å². The fourth-order valence-electron chi connectivity index (χ4n) is 2.30. The first-order chi connectivity index (χ1) is 11.5. The van der Waals surface area contributed by atoms with Crippen LogP contribution in [0.4, 0.5) is 0 Å². The lowest BCUT2D eigenvalue weighted by Crippen LogP contribution is -2.51. The minimum absolute atomic E-state index is 0.0291. The Hall–Kier alpha value is -1.93. The monoisotopic (exact) mass is 370 g/mol. The first kappa shape index (κ1) is 21.1. The number of carboxylic acid groups (broad SMARTS) is 1. The van der Waals surface area contributed by atoms with Crippen LogP contribution in [-0.4, -0.2) is 38.0 Å². The summed E-state index contributed by atoms with van der Waals surface area (Å²) >= 11 is 0. The Balaban J connectivity index is 2.68. The van der Waals surface area contributed by atoms with Crippen molar-refractivity contribution < 1.29 is 23.1 Å². The number of aliphatic carboxylic acids is 1. The molecule has 25 heavy (non-hydrogen) atoms. The zero-order chi connectivity index (χ0) is 19.3. The Bertz CT molecular complexity index is 713. The molecule has 0 aromatic heterocycles. The van der Waals surface area contributed by atoms with Gasteiger partial charge in [-0.3, -0.25) is 9.59 Å². The van der Waals surface area contributed by atoms with Gasteiger partial charge in [0.2, 0.25) is 15.9 Å². The Morgan fingerprint density at radius 2 is 1.76 bits per heavy atom. The molecule has 140 valence electrons. The number of nitrogens with one attached hydrogen (secondary N) is 2. The van der Waals surface area contributed by atoms with E-state index in [1.54, 1.807) is 19.1 Å². The van der Waals surface area contributed by atoms with Gasteiger partial charge in [0.15, 0.2) is 0 Å². The van der Waals surface area contributed by atoms with Crippen LogP contribution in [0.25, 0.3) is 0 Å². The van der Waals surface area contributed by atoms with E-state index in [4.69, 9.17) is 5.11 Å². The second kappa shape index (κ2) is 8.44. The minimum atomic E-state index is -3.48. The topological polar surface area (TPSA) is 113 Å². The van der Waals surface area contributed by atoms with E-state index in [1.807, 2.05) is 13.8 Å². The first-order valence-corrected chi connectivity index (χ1v) is 9.54. The Kier molecular flexibility index (Phi) is 7.13. The minimum Gasteiger partial charge on any atom is -0.481 e. The van der Waals surface area contributed by atoms with Gasteiger partial charge < -0.3 is 10.4 Å². The SMILES string of the molecule is CNS(=O)(=O)c1ccc(CCC(=O)NC(C)(CC(=O)O)C(C)C)cc1. The van der Waals surface area contributed by atoms with E-state index >= 15 is 0 Å². The molecule has 3 N–H and O–H groups in total. The molecule has 1 rings (SSSR count). The number of hydrogen-bond donors (Lipinski definition) is 3. The van der Waals surface area contributed by atoms with Gasteiger partial charge in [0.05, 0.1) is 11.3 Å². The van der Waals surface area contributed by atoms with Crippen molar-refractivity contribution >= 4 is 21.9 Å². The van der Waals surface area contributed by atoms with Crippen LogP contribution in [0, 0.1) is 5.92 Å². The van der Waals surface area contributed by atoms with Crippen LogP contribution in [0.5, 0.6) is 0 Å². The van der Waals surface area contributed by atoms with E-state index in [0.717, 1.165) is 5.56 Å². The number of carbonyl (C=O) groups excluding carboxylic acids is 1. The summed E-state index contributed by atoms with van der Waals surface area (Å²) in [4.78, 5) is 23.4. The Morgan fingerprint density at radius 3 is 2.20 bits per heavy atom. The van der Waals surface area contributed by atoms with Crippen molar-refractivity contribution in [3.8, 4) is 0 Å². The lowest BCUT2D eigenvalue weighted by molar-refractivity contribution is -0.139. The summed E-state index contributed by atoms with van der Waals surface area (Å²) in [6.07, 6.45) is 0.486. The van der Waals surface area contributed by atoms with Crippen LogP contribution in [-0.2, 0) is 26.0 Å². The second-order valence-electron chi connectivity index (χ2n) is 6.54. The van der Waals surface area contributed by atoms with Gasteiger partial charge in [0, 0.05) is 12.0 Å². The maximum atomic E-state index is 12.2. The molecule has 0 radical (unpaired) electrons. The van der Waals surface area contributed by atoms with Gasteiger partial charge in [-0.05, 0) is 44.0 Å². The molecule has 0 fully saturated rings. The predicted molar refractivity (Wildman–Crippen MR) is 94.6 cm³/mol. The smallest absolute Gasteiger partial charge is 0.305 e. The second-order valence-corrected chi connectivity index (χ2v) is 8.43. The average molecular weight is 370 g/mol. The fraction of sp³-hybridized carbons (Fsp3) is 0.529. The third-order valence-electron chi connectivity index (χ3n) is 4.36. The van der Waals surface area contributed by atoms with Crippen LogP contribution in [0.2, 0.25) is 0 Å². The molecule has 0 aliphatic heterocycles. The van der Waals surface area contributed by atoms with Gasteiger partial charge in [-0.1, -0.05) is 26.0 Å². The molecule has 8 heteroatoms. The highest BCUT2D eigenvalue weighted by Gasteiger charge is 2.32. The highest BCUT2D eigenvalue weighted by molar-refractivity contribution is 7.89. The molecule has 0 heterocycles. The van der Waals surface area contributed by atoms with Gasteiger partial charge in [0.25, 0.3) is 0 Å². The first-order valence-electron chi connectivity index (χ1n) is 8.05. The molecule has 0 saturated heterocycles. The molecule has 0 aliphatic rings. The third kappa shape index (κ3) is 6.13. The van der Waals surface area contributed by atoms with E-state index in [0.29, 0.717) is 6.42 Å². The lowest BCUT2D eigenvalue weighted by atomic mass is 9.85. The van der Waals surface area contributed by atoms with Crippen molar-refractivity contribution in [3.05, 3.63) is 29.8 Å². The number of carbonyl (C=O) groups is 2. The highest BCUT2D eigenvalue weighted by atomic mass is 32.2. The summed E-state index contributed by atoms with van der Waals surface area (Å²) in [6.45, 7) is 5.45. The number of amides is 1. The standard InChI is InChI=1S/C17H26N2O5S/c1-12(2)17(3,11-16(21)22)19-15(20)10-7-13-5-8-14(9-6-13)25(23,24)18-4/h5-6,8-9,12,18H,7,10-11H2,1-4H3,(H,19,20)(H,21,22). The van der Waals surface area contributed by atoms with Crippen LogP contribution in [0.1, 0.15) is 39.2 Å². The van der Waals surface area contributed by atoms with Crippen molar-refractivity contribution in [3.63, 3.8) is 0 Å². The van der Waals surface area contributed by atoms with Gasteiger partial charge in [-0.2, -0.15) is 0 Å². The van der Waals surface area contributed by atoms with Crippen molar-refractivity contribution in [2.45, 2.75) is 50.5 Å². The van der Waals surface area contributed by atoms with E-state index in [-0.39, 0.29) is 29.6 Å². The summed E-state index contributed by atoms with van der Waals surface area (Å²) < 4.78 is 25.6. The number of aryl methyl sites for hydroxylation is 1. The normalized spacial score (nSPS) is 14.1. The quantitative estimate of drug-likeness (QED) is 0.610. The number of sulfonamides is 1. The predicted octanol–water partition coefficient (Wildman–Crippen LogP) is 1.53. The number of carboxylic acids is 1. The van der Waals surface area contributed by atoms with Crippen molar-refractivity contribution in [1.82, 2.24) is 10.0 Å². The maximum absolute atomic E-state index is 12.2. The Morgan fingerprint density at radius 1 is 1.20 bits per heavy atom. The zero-order valence-electron chi connectivity index (χ0n) is 15.0. The molecule has 0 aliphatic carbocycles. The fourth-order valence-corrected chi connectivity index (χ4v) is 3.03. The van der Waals surface area contributed by atoms with Crippen LogP contribution >= 0.6 is 0 Å². The van der Waals surface area contributed by atoms with Crippen molar-refractivity contribution in [2.75, 3.05) is 7.05 Å². The molecular weight excluding hydrogens is 344 g/mol. The van der Waals surface area contributed by atoms with Crippen molar-refractivity contribution in [2.24, 2.45) is 5.92 Å². The maximum Gasteiger partial charge on any atom is 0.305 e. The van der Waals surface area contributed by atoms with Gasteiger partial charge in [0.1, 0.15) is 0 Å². The molecule has 0 saturated carbocycles. The van der Waals surface area contributed by atoms with Crippen molar-refractivity contribution in [1.29, 1.82) is 0 Å². The molecule has 1 amide bonds. The molecule has 1 unspecified atom stereocenters. The lowest BCUT2D eigenvalue weighted by Gasteiger charge is -2.33. The van der Waals surface area contributed by atoms with E-state index < -0.39 is 21.5 Å². The largest absolute Gasteiger partial charge is 0.481 e. The molecule has 7 nitrogen and oxygen atoms in total. The van der Waals surface area contributed by atoms with E-state index in [1.165, 1.54) is 19.2 Å². The summed E-state index contributed by atoms with van der Waals surface area (Å²) in [7, 11) is -2.13. The molecule has 0 spiro atoms. The zero-order valence-corrected chi connectivity index (χ0v) is 15.8. The van der Waals surface area contributed by atoms with Gasteiger partial charge in [-0.25, -0.2) is 13.1 Å². The number of hydrogen-bond acceptors (Lipinski definition) is 4. The average Bonchev–Trinajstić information content (AvgIpc) is 2.52. The van der Waals surface area contributed by atoms with E-state index in [2.05, 4.69) is 10.0 Å². The van der Waals surface area contributed by atoms with Gasteiger partial charge in [-0.15, -0.1) is 0 Å². The van der Waals surface area contributed by atoms with Crippen LogP contribution < -0.4 is 10.0 Å². The van der Waals surface area contributed by atoms with Crippen LogP contribution in [0.15, 0.2) is 29.2 Å². The van der Waals surface area contributed by atoms with Gasteiger partial charge >= 0.3 is 5.97 Å². The molecule has 1 atom stereocenters.